The molecule has 2 aromatic rings. The Kier molecular flexibility index (Phi) is 4.97. The standard InChI is InChI=1S/C15H20N2O/c1-2-3-9-15(13-7-5-4-6-8-13)16-12-14-10-11-17-18-14/h4-8,10-11,15-16H,2-3,9,12H2,1H3. The number of benzene rings is 1. The zero-order chi connectivity index (χ0) is 12.6. The monoisotopic (exact) mass is 244 g/mol. The number of aromatic nitrogens is 1. The van der Waals surface area contributed by atoms with Crippen molar-refractivity contribution in [2.45, 2.75) is 38.8 Å². The van der Waals surface area contributed by atoms with Gasteiger partial charge in [-0.1, -0.05) is 55.3 Å². The molecule has 0 spiro atoms. The van der Waals surface area contributed by atoms with Crippen molar-refractivity contribution in [2.75, 3.05) is 0 Å². The van der Waals surface area contributed by atoms with Gasteiger partial charge in [-0.05, 0) is 12.0 Å². The zero-order valence-corrected chi connectivity index (χ0v) is 10.8. The Morgan fingerprint density at radius 3 is 2.72 bits per heavy atom. The fourth-order valence-electron chi connectivity index (χ4n) is 2.04. The molecule has 2 rings (SSSR count). The third-order valence-electron chi connectivity index (χ3n) is 3.06. The first-order chi connectivity index (χ1) is 8.90. The predicted molar refractivity (Wildman–Crippen MR) is 72.1 cm³/mol. The summed E-state index contributed by atoms with van der Waals surface area (Å²) >= 11 is 0. The molecule has 0 aliphatic carbocycles. The number of hydrogen-bond donors (Lipinski definition) is 1. The smallest absolute Gasteiger partial charge is 0.150 e. The van der Waals surface area contributed by atoms with Gasteiger partial charge in [0.25, 0.3) is 0 Å². The second kappa shape index (κ2) is 6.97. The summed E-state index contributed by atoms with van der Waals surface area (Å²) in [6.07, 6.45) is 5.27. The van der Waals surface area contributed by atoms with Crippen LogP contribution in [0.15, 0.2) is 47.1 Å². The molecule has 1 heterocycles. The Morgan fingerprint density at radius 1 is 1.22 bits per heavy atom. The topological polar surface area (TPSA) is 38.1 Å². The minimum absolute atomic E-state index is 0.385. The Bertz CT molecular complexity index is 425. The van der Waals surface area contributed by atoms with Crippen molar-refractivity contribution in [2.24, 2.45) is 0 Å². The number of hydrogen-bond acceptors (Lipinski definition) is 3. The van der Waals surface area contributed by atoms with E-state index < -0.39 is 0 Å². The quantitative estimate of drug-likeness (QED) is 0.807. The number of rotatable bonds is 7. The molecule has 1 N–H and O–H groups in total. The van der Waals surface area contributed by atoms with Crippen LogP contribution in [0.4, 0.5) is 0 Å². The van der Waals surface area contributed by atoms with Crippen LogP contribution in [-0.4, -0.2) is 5.16 Å². The van der Waals surface area contributed by atoms with E-state index in [2.05, 4.69) is 47.7 Å². The third-order valence-corrected chi connectivity index (χ3v) is 3.06. The highest BCUT2D eigenvalue weighted by atomic mass is 16.5. The molecule has 1 unspecified atom stereocenters. The average Bonchev–Trinajstić information content (AvgIpc) is 2.93. The molecule has 1 aromatic carbocycles. The Morgan fingerprint density at radius 2 is 2.06 bits per heavy atom. The number of unbranched alkanes of at least 4 members (excludes halogenated alkanes) is 1. The van der Waals surface area contributed by atoms with E-state index in [0.29, 0.717) is 6.04 Å². The largest absolute Gasteiger partial charge is 0.360 e. The lowest BCUT2D eigenvalue weighted by Crippen LogP contribution is -2.20. The highest BCUT2D eigenvalue weighted by molar-refractivity contribution is 5.18. The molecular formula is C15H20N2O. The molecule has 96 valence electrons. The lowest BCUT2D eigenvalue weighted by Gasteiger charge is -2.18. The number of nitrogens with one attached hydrogen (secondary N) is 1. The molecule has 0 saturated carbocycles. The first-order valence-electron chi connectivity index (χ1n) is 6.58. The molecule has 3 nitrogen and oxygen atoms in total. The summed E-state index contributed by atoms with van der Waals surface area (Å²) in [4.78, 5) is 0. The van der Waals surface area contributed by atoms with Crippen LogP contribution in [0.25, 0.3) is 0 Å². The minimum Gasteiger partial charge on any atom is -0.360 e. The molecule has 0 radical (unpaired) electrons. The van der Waals surface area contributed by atoms with Gasteiger partial charge in [0.2, 0.25) is 0 Å². The van der Waals surface area contributed by atoms with E-state index >= 15 is 0 Å². The lowest BCUT2D eigenvalue weighted by atomic mass is 10.0. The molecule has 1 aromatic heterocycles. The first-order valence-corrected chi connectivity index (χ1v) is 6.58. The third kappa shape index (κ3) is 3.70. The fourth-order valence-corrected chi connectivity index (χ4v) is 2.04. The van der Waals surface area contributed by atoms with E-state index in [-0.39, 0.29) is 0 Å². The van der Waals surface area contributed by atoms with Crippen LogP contribution >= 0.6 is 0 Å². The Balaban J connectivity index is 1.96. The normalized spacial score (nSPS) is 12.5. The summed E-state index contributed by atoms with van der Waals surface area (Å²) in [5.74, 6) is 0.882. The summed E-state index contributed by atoms with van der Waals surface area (Å²) in [7, 11) is 0. The molecule has 0 bridgehead atoms. The van der Waals surface area contributed by atoms with Gasteiger partial charge < -0.3 is 9.84 Å². The molecular weight excluding hydrogens is 224 g/mol. The molecule has 0 saturated heterocycles. The van der Waals surface area contributed by atoms with Crippen molar-refractivity contribution in [3.63, 3.8) is 0 Å². The molecule has 0 aliphatic rings. The number of nitrogens with zero attached hydrogens (tertiary/aromatic N) is 1. The summed E-state index contributed by atoms with van der Waals surface area (Å²) < 4.78 is 5.11. The van der Waals surface area contributed by atoms with Gasteiger partial charge in [0, 0.05) is 12.1 Å². The maximum Gasteiger partial charge on any atom is 0.150 e. The van der Waals surface area contributed by atoms with Crippen molar-refractivity contribution >= 4 is 0 Å². The van der Waals surface area contributed by atoms with Crippen LogP contribution in [0, 0.1) is 0 Å². The molecule has 0 amide bonds. The van der Waals surface area contributed by atoms with Crippen LogP contribution in [0.1, 0.15) is 43.6 Å². The summed E-state index contributed by atoms with van der Waals surface area (Å²) in [5, 5.41) is 7.26. The van der Waals surface area contributed by atoms with Gasteiger partial charge in [-0.2, -0.15) is 0 Å². The van der Waals surface area contributed by atoms with E-state index in [0.717, 1.165) is 18.7 Å². The van der Waals surface area contributed by atoms with Gasteiger partial charge in [0.05, 0.1) is 12.7 Å². The highest BCUT2D eigenvalue weighted by Crippen LogP contribution is 2.19. The van der Waals surface area contributed by atoms with Crippen molar-refractivity contribution < 1.29 is 4.52 Å². The zero-order valence-electron chi connectivity index (χ0n) is 10.8. The van der Waals surface area contributed by atoms with Crippen LogP contribution in [-0.2, 0) is 6.54 Å². The summed E-state index contributed by atoms with van der Waals surface area (Å²) in [6, 6.07) is 12.9. The van der Waals surface area contributed by atoms with Gasteiger partial charge in [-0.15, -0.1) is 0 Å². The SMILES string of the molecule is CCCCC(NCc1ccno1)c1ccccc1. The van der Waals surface area contributed by atoms with Crippen LogP contribution in [0.5, 0.6) is 0 Å². The van der Waals surface area contributed by atoms with Crippen LogP contribution < -0.4 is 5.32 Å². The van der Waals surface area contributed by atoms with E-state index in [1.165, 1.54) is 18.4 Å². The predicted octanol–water partition coefficient (Wildman–Crippen LogP) is 3.70. The molecule has 0 aliphatic heterocycles. The Labute approximate surface area is 108 Å². The maximum atomic E-state index is 5.11. The molecule has 1 atom stereocenters. The summed E-state index contributed by atoms with van der Waals surface area (Å²) in [5.41, 5.74) is 1.34. The van der Waals surface area contributed by atoms with E-state index in [1.807, 2.05) is 6.07 Å². The minimum atomic E-state index is 0.385. The van der Waals surface area contributed by atoms with Gasteiger partial charge in [0.1, 0.15) is 5.76 Å². The second-order valence-electron chi connectivity index (χ2n) is 4.47. The van der Waals surface area contributed by atoms with E-state index in [4.69, 9.17) is 4.52 Å². The van der Waals surface area contributed by atoms with Gasteiger partial charge >= 0.3 is 0 Å². The fraction of sp³-hybridized carbons (Fsp3) is 0.400. The second-order valence-corrected chi connectivity index (χ2v) is 4.47. The van der Waals surface area contributed by atoms with Crippen LogP contribution in [0.2, 0.25) is 0 Å². The molecule has 18 heavy (non-hydrogen) atoms. The lowest BCUT2D eigenvalue weighted by molar-refractivity contribution is 0.358. The van der Waals surface area contributed by atoms with Crippen molar-refractivity contribution in [1.29, 1.82) is 0 Å². The maximum absolute atomic E-state index is 5.11. The van der Waals surface area contributed by atoms with Crippen molar-refractivity contribution in [1.82, 2.24) is 10.5 Å². The van der Waals surface area contributed by atoms with Gasteiger partial charge in [-0.3, -0.25) is 0 Å². The van der Waals surface area contributed by atoms with Gasteiger partial charge in [0.15, 0.2) is 0 Å². The summed E-state index contributed by atoms with van der Waals surface area (Å²) in [6.45, 7) is 2.95. The average molecular weight is 244 g/mol. The Hall–Kier alpha value is -1.61. The van der Waals surface area contributed by atoms with Gasteiger partial charge in [-0.25, -0.2) is 0 Å². The molecule has 0 fully saturated rings. The van der Waals surface area contributed by atoms with Crippen LogP contribution in [0.3, 0.4) is 0 Å². The molecule has 3 heteroatoms. The highest BCUT2D eigenvalue weighted by Gasteiger charge is 2.10. The van der Waals surface area contributed by atoms with E-state index in [9.17, 15) is 0 Å². The van der Waals surface area contributed by atoms with Crippen molar-refractivity contribution in [3.05, 3.63) is 53.9 Å². The van der Waals surface area contributed by atoms with Crippen molar-refractivity contribution in [3.8, 4) is 0 Å². The van der Waals surface area contributed by atoms with E-state index in [1.54, 1.807) is 6.20 Å². The first kappa shape index (κ1) is 12.8.